The maximum Gasteiger partial charge on any atom is 0.238 e. The smallest absolute Gasteiger partial charge is 0.238 e. The molecule has 1 atom stereocenters. The predicted octanol–water partition coefficient (Wildman–Crippen LogP) is 1.14. The summed E-state index contributed by atoms with van der Waals surface area (Å²) >= 11 is 0. The third kappa shape index (κ3) is 1.63. The van der Waals surface area contributed by atoms with E-state index in [0.29, 0.717) is 13.2 Å². The fourth-order valence-corrected chi connectivity index (χ4v) is 1.74. The second-order valence-electron chi connectivity index (χ2n) is 3.54. The van der Waals surface area contributed by atoms with E-state index in [0.717, 1.165) is 0 Å². The molecule has 0 spiro atoms. The molecular formula is C11H14N2O. The van der Waals surface area contributed by atoms with Crippen LogP contribution >= 0.6 is 0 Å². The standard InChI is InChI=1S/C11H14N2O/c1-9(10-5-3-2-4-6-10)13-8-12-7-11(13)14/h2-6,9,12H,7-8H2,1H3. The topological polar surface area (TPSA) is 32.3 Å². The summed E-state index contributed by atoms with van der Waals surface area (Å²) in [6.07, 6.45) is 0. The number of nitrogens with zero attached hydrogens (tertiary/aromatic N) is 1. The van der Waals surface area contributed by atoms with Crippen molar-refractivity contribution in [2.24, 2.45) is 0 Å². The van der Waals surface area contributed by atoms with E-state index in [4.69, 9.17) is 0 Å². The first-order valence-electron chi connectivity index (χ1n) is 4.84. The Morgan fingerprint density at radius 2 is 2.07 bits per heavy atom. The Bertz CT molecular complexity index is 323. The molecule has 1 aliphatic heterocycles. The molecule has 1 aromatic rings. The van der Waals surface area contributed by atoms with Gasteiger partial charge in [0.1, 0.15) is 0 Å². The number of amides is 1. The van der Waals surface area contributed by atoms with E-state index >= 15 is 0 Å². The van der Waals surface area contributed by atoms with Gasteiger partial charge in [-0.1, -0.05) is 30.3 Å². The average Bonchev–Trinajstić information content (AvgIpc) is 2.65. The Morgan fingerprint density at radius 1 is 1.36 bits per heavy atom. The molecule has 3 nitrogen and oxygen atoms in total. The Labute approximate surface area is 83.7 Å². The summed E-state index contributed by atoms with van der Waals surface area (Å²) in [5, 5.41) is 3.05. The van der Waals surface area contributed by atoms with Gasteiger partial charge in [0.2, 0.25) is 5.91 Å². The number of nitrogens with one attached hydrogen (secondary N) is 1. The lowest BCUT2D eigenvalue weighted by Crippen LogP contribution is -2.29. The molecule has 2 rings (SSSR count). The zero-order chi connectivity index (χ0) is 9.97. The van der Waals surface area contributed by atoms with Gasteiger partial charge in [-0.15, -0.1) is 0 Å². The van der Waals surface area contributed by atoms with Crippen LogP contribution in [0.3, 0.4) is 0 Å². The normalized spacial score (nSPS) is 18.6. The molecule has 0 aromatic heterocycles. The van der Waals surface area contributed by atoms with E-state index < -0.39 is 0 Å². The molecule has 0 radical (unpaired) electrons. The van der Waals surface area contributed by atoms with Crippen LogP contribution in [0.5, 0.6) is 0 Å². The van der Waals surface area contributed by atoms with Crippen LogP contribution < -0.4 is 5.32 Å². The minimum Gasteiger partial charge on any atom is -0.322 e. The van der Waals surface area contributed by atoms with Gasteiger partial charge in [-0.2, -0.15) is 0 Å². The van der Waals surface area contributed by atoms with Gasteiger partial charge < -0.3 is 4.90 Å². The highest BCUT2D eigenvalue weighted by molar-refractivity contribution is 5.80. The first kappa shape index (κ1) is 9.21. The molecule has 74 valence electrons. The lowest BCUT2D eigenvalue weighted by molar-refractivity contribution is -0.128. The van der Waals surface area contributed by atoms with E-state index in [1.807, 2.05) is 23.1 Å². The SMILES string of the molecule is CC(c1ccccc1)N1CNCC1=O. The van der Waals surface area contributed by atoms with Crippen LogP contribution in [0.15, 0.2) is 30.3 Å². The molecular weight excluding hydrogens is 176 g/mol. The molecule has 1 heterocycles. The lowest BCUT2D eigenvalue weighted by atomic mass is 10.1. The summed E-state index contributed by atoms with van der Waals surface area (Å²) in [6.45, 7) is 3.19. The number of carbonyl (C=O) groups is 1. The Kier molecular flexibility index (Phi) is 2.50. The summed E-state index contributed by atoms with van der Waals surface area (Å²) in [5.74, 6) is 0.182. The molecule has 0 saturated carbocycles. The maximum atomic E-state index is 11.5. The Hall–Kier alpha value is -1.35. The second kappa shape index (κ2) is 3.80. The van der Waals surface area contributed by atoms with Gasteiger partial charge in [-0.25, -0.2) is 0 Å². The lowest BCUT2D eigenvalue weighted by Gasteiger charge is -2.23. The van der Waals surface area contributed by atoms with Gasteiger partial charge in [0.25, 0.3) is 0 Å². The van der Waals surface area contributed by atoms with Crippen molar-refractivity contribution < 1.29 is 4.79 Å². The van der Waals surface area contributed by atoms with Crippen molar-refractivity contribution in [1.29, 1.82) is 0 Å². The molecule has 14 heavy (non-hydrogen) atoms. The van der Waals surface area contributed by atoms with Crippen molar-refractivity contribution in [3.8, 4) is 0 Å². The van der Waals surface area contributed by atoms with Crippen molar-refractivity contribution in [2.75, 3.05) is 13.2 Å². The molecule has 3 heteroatoms. The van der Waals surface area contributed by atoms with Crippen LogP contribution in [0.4, 0.5) is 0 Å². The molecule has 1 aliphatic rings. The number of benzene rings is 1. The van der Waals surface area contributed by atoms with Gasteiger partial charge in [-0.3, -0.25) is 10.1 Å². The summed E-state index contributed by atoms with van der Waals surface area (Å²) in [7, 11) is 0. The largest absolute Gasteiger partial charge is 0.322 e. The van der Waals surface area contributed by atoms with Crippen LogP contribution in [-0.4, -0.2) is 24.0 Å². The van der Waals surface area contributed by atoms with E-state index in [2.05, 4.69) is 24.4 Å². The fourth-order valence-electron chi connectivity index (χ4n) is 1.74. The van der Waals surface area contributed by atoms with Crippen LogP contribution in [-0.2, 0) is 4.79 Å². The van der Waals surface area contributed by atoms with E-state index in [1.165, 1.54) is 5.56 Å². The zero-order valence-electron chi connectivity index (χ0n) is 8.23. The number of rotatable bonds is 2. The first-order valence-corrected chi connectivity index (χ1v) is 4.84. The minimum atomic E-state index is 0.165. The molecule has 1 N–H and O–H groups in total. The summed E-state index contributed by atoms with van der Waals surface area (Å²) in [5.41, 5.74) is 1.18. The molecule has 0 bridgehead atoms. The predicted molar refractivity (Wildman–Crippen MR) is 54.6 cm³/mol. The zero-order valence-corrected chi connectivity index (χ0v) is 8.23. The van der Waals surface area contributed by atoms with E-state index in [-0.39, 0.29) is 11.9 Å². The van der Waals surface area contributed by atoms with Crippen LogP contribution in [0.1, 0.15) is 18.5 Å². The van der Waals surface area contributed by atoms with Gasteiger partial charge in [-0.05, 0) is 12.5 Å². The van der Waals surface area contributed by atoms with Gasteiger partial charge in [0.15, 0.2) is 0 Å². The highest BCUT2D eigenvalue weighted by atomic mass is 16.2. The third-order valence-electron chi connectivity index (χ3n) is 2.63. The summed E-state index contributed by atoms with van der Waals surface area (Å²) in [4.78, 5) is 13.3. The van der Waals surface area contributed by atoms with Crippen molar-refractivity contribution >= 4 is 5.91 Å². The average molecular weight is 190 g/mol. The first-order chi connectivity index (χ1) is 6.79. The van der Waals surface area contributed by atoms with Crippen LogP contribution in [0.2, 0.25) is 0 Å². The van der Waals surface area contributed by atoms with Crippen LogP contribution in [0.25, 0.3) is 0 Å². The number of hydrogen-bond acceptors (Lipinski definition) is 2. The molecule has 1 unspecified atom stereocenters. The van der Waals surface area contributed by atoms with Gasteiger partial charge >= 0.3 is 0 Å². The molecule has 1 aromatic carbocycles. The van der Waals surface area contributed by atoms with E-state index in [9.17, 15) is 4.79 Å². The summed E-state index contributed by atoms with van der Waals surface area (Å²) in [6, 6.07) is 10.3. The van der Waals surface area contributed by atoms with Gasteiger partial charge in [0, 0.05) is 0 Å². The van der Waals surface area contributed by atoms with Gasteiger partial charge in [0.05, 0.1) is 19.3 Å². The summed E-state index contributed by atoms with van der Waals surface area (Å²) < 4.78 is 0. The molecule has 1 saturated heterocycles. The number of hydrogen-bond donors (Lipinski definition) is 1. The highest BCUT2D eigenvalue weighted by Crippen LogP contribution is 2.20. The quantitative estimate of drug-likeness (QED) is 0.758. The van der Waals surface area contributed by atoms with E-state index in [1.54, 1.807) is 0 Å². The monoisotopic (exact) mass is 190 g/mol. The van der Waals surface area contributed by atoms with Crippen molar-refractivity contribution in [2.45, 2.75) is 13.0 Å². The Balaban J connectivity index is 2.16. The number of carbonyl (C=O) groups excluding carboxylic acids is 1. The molecule has 0 aliphatic carbocycles. The van der Waals surface area contributed by atoms with Crippen molar-refractivity contribution in [3.63, 3.8) is 0 Å². The van der Waals surface area contributed by atoms with Crippen molar-refractivity contribution in [1.82, 2.24) is 10.2 Å². The third-order valence-corrected chi connectivity index (χ3v) is 2.63. The molecule has 1 fully saturated rings. The highest BCUT2D eigenvalue weighted by Gasteiger charge is 2.25. The minimum absolute atomic E-state index is 0.165. The second-order valence-corrected chi connectivity index (χ2v) is 3.54. The molecule has 1 amide bonds. The Morgan fingerprint density at radius 3 is 2.64 bits per heavy atom. The fraction of sp³-hybridized carbons (Fsp3) is 0.364. The van der Waals surface area contributed by atoms with Crippen LogP contribution in [0, 0.1) is 0 Å². The van der Waals surface area contributed by atoms with Crippen molar-refractivity contribution in [3.05, 3.63) is 35.9 Å². The maximum absolute atomic E-state index is 11.5.